The Kier molecular flexibility index (Phi) is 14.1. The number of carbonyl (C=O) groups excluding carboxylic acids is 1. The Labute approximate surface area is 109 Å². The van der Waals surface area contributed by atoms with Crippen LogP contribution in [-0.4, -0.2) is 23.7 Å². The maximum Gasteiger partial charge on any atom is 0.327 e. The molecule has 4 nitrogen and oxygen atoms in total. The summed E-state index contributed by atoms with van der Waals surface area (Å²) in [6, 6.07) is 0. The molecular formula is C14H24O4. The SMILES string of the molecule is C/C=C/C(=O)O.CC/C=C\CCOC(=O)C(C)C. The van der Waals surface area contributed by atoms with Gasteiger partial charge in [-0.25, -0.2) is 4.79 Å². The molecule has 0 saturated carbocycles. The average Bonchev–Trinajstić information content (AvgIpc) is 2.29. The van der Waals surface area contributed by atoms with E-state index in [1.165, 1.54) is 6.08 Å². The summed E-state index contributed by atoms with van der Waals surface area (Å²) in [5.74, 6) is -1.02. The van der Waals surface area contributed by atoms with Gasteiger partial charge in [0.1, 0.15) is 0 Å². The van der Waals surface area contributed by atoms with Crippen molar-refractivity contribution in [3.8, 4) is 0 Å². The van der Waals surface area contributed by atoms with E-state index in [-0.39, 0.29) is 11.9 Å². The Morgan fingerprint density at radius 2 is 1.89 bits per heavy atom. The van der Waals surface area contributed by atoms with Gasteiger partial charge in [-0.2, -0.15) is 0 Å². The predicted molar refractivity (Wildman–Crippen MR) is 72.3 cm³/mol. The first kappa shape index (κ1) is 18.8. The van der Waals surface area contributed by atoms with Gasteiger partial charge in [-0.05, 0) is 19.8 Å². The van der Waals surface area contributed by atoms with Crippen LogP contribution in [0.3, 0.4) is 0 Å². The number of ether oxygens (including phenoxy) is 1. The number of allylic oxidation sites excluding steroid dienone is 2. The van der Waals surface area contributed by atoms with Gasteiger partial charge >= 0.3 is 11.9 Å². The van der Waals surface area contributed by atoms with Crippen LogP contribution in [-0.2, 0) is 14.3 Å². The minimum atomic E-state index is -0.891. The van der Waals surface area contributed by atoms with Crippen molar-refractivity contribution in [3.05, 3.63) is 24.3 Å². The highest BCUT2D eigenvalue weighted by molar-refractivity contribution is 5.79. The second kappa shape index (κ2) is 13.5. The minimum Gasteiger partial charge on any atom is -0.478 e. The summed E-state index contributed by atoms with van der Waals surface area (Å²) in [6.07, 6.45) is 8.53. The molecule has 0 saturated heterocycles. The first-order chi connectivity index (χ1) is 8.45. The van der Waals surface area contributed by atoms with E-state index >= 15 is 0 Å². The van der Waals surface area contributed by atoms with Crippen molar-refractivity contribution in [1.82, 2.24) is 0 Å². The maximum absolute atomic E-state index is 10.9. The fraction of sp³-hybridized carbons (Fsp3) is 0.571. The first-order valence-corrected chi connectivity index (χ1v) is 6.12. The smallest absolute Gasteiger partial charge is 0.327 e. The van der Waals surface area contributed by atoms with Crippen molar-refractivity contribution < 1.29 is 19.4 Å². The van der Waals surface area contributed by atoms with Crippen molar-refractivity contribution in [1.29, 1.82) is 0 Å². The van der Waals surface area contributed by atoms with E-state index in [9.17, 15) is 9.59 Å². The van der Waals surface area contributed by atoms with Crippen LogP contribution in [0.5, 0.6) is 0 Å². The van der Waals surface area contributed by atoms with Crippen LogP contribution in [0.25, 0.3) is 0 Å². The number of carboxylic acids is 1. The Bertz CT molecular complexity index is 278. The summed E-state index contributed by atoms with van der Waals surface area (Å²) < 4.78 is 4.96. The summed E-state index contributed by atoms with van der Waals surface area (Å²) in [5, 5.41) is 7.83. The lowest BCUT2D eigenvalue weighted by atomic mass is 10.2. The van der Waals surface area contributed by atoms with Crippen LogP contribution in [0.2, 0.25) is 0 Å². The number of hydrogen-bond acceptors (Lipinski definition) is 3. The van der Waals surface area contributed by atoms with Gasteiger partial charge in [0.15, 0.2) is 0 Å². The average molecular weight is 256 g/mol. The Balaban J connectivity index is 0. The topological polar surface area (TPSA) is 63.6 Å². The molecule has 0 fully saturated rings. The second-order valence-electron chi connectivity index (χ2n) is 3.83. The molecular weight excluding hydrogens is 232 g/mol. The van der Waals surface area contributed by atoms with Crippen LogP contribution in [0.15, 0.2) is 24.3 Å². The highest BCUT2D eigenvalue weighted by Gasteiger charge is 2.06. The monoisotopic (exact) mass is 256 g/mol. The van der Waals surface area contributed by atoms with Crippen molar-refractivity contribution in [3.63, 3.8) is 0 Å². The molecule has 0 radical (unpaired) electrons. The van der Waals surface area contributed by atoms with Gasteiger partial charge in [0, 0.05) is 6.08 Å². The van der Waals surface area contributed by atoms with Gasteiger partial charge in [0.25, 0.3) is 0 Å². The summed E-state index contributed by atoms with van der Waals surface area (Å²) in [4.78, 5) is 20.4. The first-order valence-electron chi connectivity index (χ1n) is 6.12. The van der Waals surface area contributed by atoms with Crippen LogP contribution >= 0.6 is 0 Å². The Hall–Kier alpha value is -1.58. The lowest BCUT2D eigenvalue weighted by molar-refractivity contribution is -0.147. The predicted octanol–water partition coefficient (Wildman–Crippen LogP) is 3.19. The van der Waals surface area contributed by atoms with E-state index in [0.29, 0.717) is 6.61 Å². The zero-order chi connectivity index (χ0) is 14.4. The number of carbonyl (C=O) groups is 2. The van der Waals surface area contributed by atoms with Gasteiger partial charge in [-0.3, -0.25) is 4.79 Å². The number of esters is 1. The van der Waals surface area contributed by atoms with Gasteiger partial charge in [-0.1, -0.05) is 39.0 Å². The number of hydrogen-bond donors (Lipinski definition) is 1. The molecule has 0 atom stereocenters. The largest absolute Gasteiger partial charge is 0.478 e. The molecule has 0 aliphatic heterocycles. The fourth-order valence-corrected chi connectivity index (χ4v) is 0.821. The van der Waals surface area contributed by atoms with E-state index in [1.54, 1.807) is 6.92 Å². The van der Waals surface area contributed by atoms with Crippen molar-refractivity contribution in [2.24, 2.45) is 5.92 Å². The number of carboxylic acid groups (broad SMARTS) is 1. The van der Waals surface area contributed by atoms with E-state index in [0.717, 1.165) is 18.9 Å². The summed E-state index contributed by atoms with van der Waals surface area (Å²) in [6.45, 7) is 7.92. The number of rotatable bonds is 6. The standard InChI is InChI=1S/C10H18O2.C4H6O2/c1-4-5-6-7-8-12-10(11)9(2)3;1-2-3-4(5)6/h5-6,9H,4,7-8H2,1-3H3;2-3H,1H3,(H,5,6)/b6-5-;3-2+. The summed E-state index contributed by atoms with van der Waals surface area (Å²) in [5.41, 5.74) is 0. The summed E-state index contributed by atoms with van der Waals surface area (Å²) in [7, 11) is 0. The lowest BCUT2D eigenvalue weighted by Crippen LogP contribution is -2.11. The van der Waals surface area contributed by atoms with Crippen molar-refractivity contribution >= 4 is 11.9 Å². The van der Waals surface area contributed by atoms with E-state index < -0.39 is 5.97 Å². The van der Waals surface area contributed by atoms with E-state index in [1.807, 2.05) is 19.9 Å². The zero-order valence-corrected chi connectivity index (χ0v) is 11.7. The molecule has 0 heterocycles. The molecule has 0 spiro atoms. The molecule has 0 amide bonds. The zero-order valence-electron chi connectivity index (χ0n) is 11.7. The minimum absolute atomic E-state index is 0.0137. The van der Waals surface area contributed by atoms with Crippen molar-refractivity contribution in [2.75, 3.05) is 6.61 Å². The van der Waals surface area contributed by atoms with Gasteiger partial charge < -0.3 is 9.84 Å². The third kappa shape index (κ3) is 16.8. The fourth-order valence-electron chi connectivity index (χ4n) is 0.821. The quantitative estimate of drug-likeness (QED) is 0.343. The van der Waals surface area contributed by atoms with Gasteiger partial charge in [-0.15, -0.1) is 0 Å². The molecule has 0 aliphatic rings. The van der Waals surface area contributed by atoms with E-state index in [2.05, 4.69) is 13.0 Å². The molecule has 0 aromatic carbocycles. The van der Waals surface area contributed by atoms with Crippen LogP contribution in [0.4, 0.5) is 0 Å². The third-order valence-electron chi connectivity index (χ3n) is 1.71. The maximum atomic E-state index is 10.9. The van der Waals surface area contributed by atoms with Crippen molar-refractivity contribution in [2.45, 2.75) is 40.5 Å². The van der Waals surface area contributed by atoms with Crippen LogP contribution < -0.4 is 0 Å². The normalized spacial score (nSPS) is 10.5. The van der Waals surface area contributed by atoms with Gasteiger partial charge in [0.05, 0.1) is 12.5 Å². The molecule has 0 unspecified atom stereocenters. The highest BCUT2D eigenvalue weighted by atomic mass is 16.5. The molecule has 0 aliphatic carbocycles. The van der Waals surface area contributed by atoms with Crippen LogP contribution in [0.1, 0.15) is 40.5 Å². The Morgan fingerprint density at radius 3 is 2.22 bits per heavy atom. The lowest BCUT2D eigenvalue weighted by Gasteiger charge is -2.04. The Morgan fingerprint density at radius 1 is 1.28 bits per heavy atom. The summed E-state index contributed by atoms with van der Waals surface area (Å²) >= 11 is 0. The molecule has 4 heteroatoms. The molecule has 0 aromatic rings. The highest BCUT2D eigenvalue weighted by Crippen LogP contribution is 1.97. The van der Waals surface area contributed by atoms with Gasteiger partial charge in [0.2, 0.25) is 0 Å². The molecule has 1 N–H and O–H groups in total. The third-order valence-corrected chi connectivity index (χ3v) is 1.71. The molecule has 18 heavy (non-hydrogen) atoms. The molecule has 0 bridgehead atoms. The van der Waals surface area contributed by atoms with E-state index in [4.69, 9.17) is 9.84 Å². The number of aliphatic carboxylic acids is 1. The second-order valence-corrected chi connectivity index (χ2v) is 3.83. The molecule has 0 aromatic heterocycles. The molecule has 104 valence electrons. The van der Waals surface area contributed by atoms with Crippen LogP contribution in [0, 0.1) is 5.92 Å². The molecule has 0 rings (SSSR count).